The van der Waals surface area contributed by atoms with E-state index in [9.17, 15) is 13.0 Å². The molecule has 0 unspecified atom stereocenters. The predicted molar refractivity (Wildman–Crippen MR) is 143 cm³/mol. The summed E-state index contributed by atoms with van der Waals surface area (Å²) in [5.41, 5.74) is 2.73. The molecule has 0 saturated heterocycles. The molecule has 4 nitrogen and oxygen atoms in total. The maximum Gasteiger partial charge on any atom is 2.00 e. The van der Waals surface area contributed by atoms with Crippen molar-refractivity contribution in [3.8, 4) is 0 Å². The molecule has 0 amide bonds. The van der Waals surface area contributed by atoms with Gasteiger partial charge in [-0.2, -0.15) is 0 Å². The summed E-state index contributed by atoms with van der Waals surface area (Å²) in [6.07, 6.45) is 20.2. The van der Waals surface area contributed by atoms with Crippen molar-refractivity contribution in [2.45, 2.75) is 121 Å². The summed E-state index contributed by atoms with van der Waals surface area (Å²) in [4.78, 5) is -0.133. The Bertz CT molecular complexity index is 912. The van der Waals surface area contributed by atoms with Crippen LogP contribution in [0.3, 0.4) is 0 Å². The summed E-state index contributed by atoms with van der Waals surface area (Å²) < 4.78 is 34.4. The van der Waals surface area contributed by atoms with Crippen LogP contribution < -0.4 is 0 Å². The van der Waals surface area contributed by atoms with Gasteiger partial charge >= 0.3 is 48.9 Å². The summed E-state index contributed by atoms with van der Waals surface area (Å²) in [6.45, 7) is 4.50. The van der Waals surface area contributed by atoms with Crippen molar-refractivity contribution in [2.24, 2.45) is 0 Å². The Morgan fingerprint density at radius 3 is 1.47 bits per heavy atom. The van der Waals surface area contributed by atoms with Gasteiger partial charge in [-0.05, 0) is 59.7 Å². The third-order valence-corrected chi connectivity index (χ3v) is 7.35. The molecular formula is C28H44BaO4S. The topological polar surface area (TPSA) is 87.2 Å². The van der Waals surface area contributed by atoms with Crippen LogP contribution in [0.15, 0.2) is 35.2 Å². The first kappa shape index (κ1) is 34.1. The summed E-state index contributed by atoms with van der Waals surface area (Å²) in [7, 11) is -4.43. The monoisotopic (exact) mass is 614 g/mol. The van der Waals surface area contributed by atoms with Crippen LogP contribution >= 0.6 is 0 Å². The van der Waals surface area contributed by atoms with E-state index in [4.69, 9.17) is 0 Å². The number of fused-ring (bicyclic) bond motifs is 1. The van der Waals surface area contributed by atoms with Gasteiger partial charge in [-0.3, -0.25) is 0 Å². The molecule has 1 N–H and O–H groups in total. The minimum atomic E-state index is -4.43. The number of hydrogen-bond acceptors (Lipinski definition) is 4. The predicted octanol–water partition coefficient (Wildman–Crippen LogP) is 7.77. The molecular weight excluding hydrogens is 570 g/mol. The first-order chi connectivity index (χ1) is 15.5. The molecule has 0 aliphatic rings. The van der Waals surface area contributed by atoms with Crippen molar-refractivity contribution >= 4 is 69.8 Å². The minimum Gasteiger partial charge on any atom is -0.870 e. The summed E-state index contributed by atoms with van der Waals surface area (Å²) in [6, 6.07) is 9.13. The maximum absolute atomic E-state index is 11.5. The van der Waals surface area contributed by atoms with Crippen LogP contribution in [0, 0.1) is 0 Å². The summed E-state index contributed by atoms with van der Waals surface area (Å²) >= 11 is 0. The van der Waals surface area contributed by atoms with Crippen LogP contribution in [0.4, 0.5) is 0 Å². The van der Waals surface area contributed by atoms with Gasteiger partial charge in [0, 0.05) is 0 Å². The SMILES string of the molecule is CCCCCCCCCc1cc2ccc(S(=O)(=O)[O-])cc2cc1CCCCCCCCC.[Ba+2].[OH-]. The van der Waals surface area contributed by atoms with Gasteiger partial charge in [-0.25, -0.2) is 8.42 Å². The van der Waals surface area contributed by atoms with E-state index < -0.39 is 10.1 Å². The number of aryl methyl sites for hydroxylation is 2. The van der Waals surface area contributed by atoms with Crippen molar-refractivity contribution in [2.75, 3.05) is 0 Å². The van der Waals surface area contributed by atoms with E-state index in [0.29, 0.717) is 0 Å². The van der Waals surface area contributed by atoms with E-state index in [1.165, 1.54) is 107 Å². The zero-order chi connectivity index (χ0) is 23.2. The van der Waals surface area contributed by atoms with Gasteiger partial charge in [0.05, 0.1) is 4.90 Å². The average Bonchev–Trinajstić information content (AvgIpc) is 2.76. The molecule has 188 valence electrons. The van der Waals surface area contributed by atoms with Gasteiger partial charge in [0.1, 0.15) is 10.1 Å². The van der Waals surface area contributed by atoms with Crippen molar-refractivity contribution in [1.82, 2.24) is 0 Å². The van der Waals surface area contributed by atoms with E-state index in [0.717, 1.165) is 23.6 Å². The Hall–Kier alpha value is 0.141. The van der Waals surface area contributed by atoms with Crippen LogP contribution in [0.1, 0.15) is 115 Å². The molecule has 0 saturated carbocycles. The Labute approximate surface area is 248 Å². The molecule has 0 heterocycles. The van der Waals surface area contributed by atoms with Crippen LogP contribution in [-0.4, -0.2) is 67.3 Å². The molecule has 2 rings (SSSR count). The molecule has 0 spiro atoms. The largest absolute Gasteiger partial charge is 2.00 e. The van der Waals surface area contributed by atoms with Gasteiger partial charge in [-0.15, -0.1) is 0 Å². The minimum absolute atomic E-state index is 0. The van der Waals surface area contributed by atoms with Crippen molar-refractivity contribution in [3.63, 3.8) is 0 Å². The Morgan fingerprint density at radius 1 is 0.618 bits per heavy atom. The number of benzene rings is 2. The zero-order valence-electron chi connectivity index (χ0n) is 21.5. The maximum atomic E-state index is 11.5. The van der Waals surface area contributed by atoms with Crippen LogP contribution in [0.25, 0.3) is 10.8 Å². The molecule has 0 aliphatic carbocycles. The quantitative estimate of drug-likeness (QED) is 0.104. The summed E-state index contributed by atoms with van der Waals surface area (Å²) in [5, 5.41) is 1.89. The molecule has 0 aromatic heterocycles. The Kier molecular flexibility index (Phi) is 19.4. The zero-order valence-corrected chi connectivity index (χ0v) is 26.7. The molecule has 34 heavy (non-hydrogen) atoms. The van der Waals surface area contributed by atoms with Crippen molar-refractivity contribution in [1.29, 1.82) is 0 Å². The van der Waals surface area contributed by atoms with Crippen molar-refractivity contribution in [3.05, 3.63) is 41.5 Å². The molecule has 0 fully saturated rings. The molecule has 0 radical (unpaired) electrons. The molecule has 6 heteroatoms. The van der Waals surface area contributed by atoms with Gasteiger partial charge in [-0.1, -0.05) is 109 Å². The van der Waals surface area contributed by atoms with E-state index in [2.05, 4.69) is 26.0 Å². The van der Waals surface area contributed by atoms with Gasteiger partial charge in [0.2, 0.25) is 0 Å². The van der Waals surface area contributed by atoms with E-state index in [1.807, 2.05) is 0 Å². The fourth-order valence-corrected chi connectivity index (χ4v) is 5.04. The normalized spacial score (nSPS) is 11.3. The Balaban J connectivity index is 0.00000544. The Morgan fingerprint density at radius 2 is 1.03 bits per heavy atom. The van der Waals surface area contributed by atoms with Gasteiger partial charge < -0.3 is 10.0 Å². The third kappa shape index (κ3) is 12.9. The second-order valence-corrected chi connectivity index (χ2v) is 10.7. The average molecular weight is 614 g/mol. The van der Waals surface area contributed by atoms with Crippen LogP contribution in [-0.2, 0) is 23.0 Å². The van der Waals surface area contributed by atoms with Crippen LogP contribution in [0.5, 0.6) is 0 Å². The van der Waals surface area contributed by atoms with Gasteiger partial charge in [0.25, 0.3) is 0 Å². The van der Waals surface area contributed by atoms with E-state index in [1.54, 1.807) is 12.1 Å². The van der Waals surface area contributed by atoms with E-state index in [-0.39, 0.29) is 59.3 Å². The molecule has 0 atom stereocenters. The second-order valence-electron chi connectivity index (χ2n) is 9.33. The van der Waals surface area contributed by atoms with Crippen molar-refractivity contribution < 1.29 is 18.4 Å². The number of unbranched alkanes of at least 4 members (excludes halogenated alkanes) is 12. The van der Waals surface area contributed by atoms with Crippen LogP contribution in [0.2, 0.25) is 0 Å². The number of hydrogen-bond donors (Lipinski definition) is 0. The van der Waals surface area contributed by atoms with E-state index >= 15 is 0 Å². The molecule has 0 aliphatic heterocycles. The first-order valence-electron chi connectivity index (χ1n) is 13.0. The first-order valence-corrected chi connectivity index (χ1v) is 14.4. The molecule has 2 aromatic rings. The van der Waals surface area contributed by atoms with Gasteiger partial charge in [0.15, 0.2) is 0 Å². The smallest absolute Gasteiger partial charge is 0.870 e. The second kappa shape index (κ2) is 19.3. The molecule has 2 aromatic carbocycles. The summed E-state index contributed by atoms with van der Waals surface area (Å²) in [5.74, 6) is 0. The third-order valence-electron chi connectivity index (χ3n) is 6.52. The molecule has 0 bridgehead atoms. The fourth-order valence-electron chi connectivity index (χ4n) is 4.54. The fraction of sp³-hybridized carbons (Fsp3) is 0.643. The standard InChI is InChI=1S/C28H44O3S.Ba.H2O/c1-3-5-7-9-11-13-15-17-24-21-26-19-20-28(32(29,30)31)23-27(26)22-25(24)18-16-14-12-10-8-6-4-2;;/h19-23H,3-18H2,1-2H3,(H,29,30,31);;1H2/q;+2;/p-2. The number of rotatable bonds is 17.